The first-order chi connectivity index (χ1) is 14.6. The van der Waals surface area contributed by atoms with Crippen molar-refractivity contribution in [2.24, 2.45) is 0 Å². The Morgan fingerprint density at radius 3 is 2.83 bits per heavy atom. The van der Waals surface area contributed by atoms with Crippen LogP contribution in [0.3, 0.4) is 0 Å². The zero-order valence-electron chi connectivity index (χ0n) is 15.6. The number of rotatable bonds is 2. The Hall–Kier alpha value is -3.90. The maximum atomic E-state index is 12.7. The van der Waals surface area contributed by atoms with Crippen LogP contribution in [0.5, 0.6) is 0 Å². The fraction of sp³-hybridized carbons (Fsp3) is 0.0476. The van der Waals surface area contributed by atoms with Gasteiger partial charge in [-0.25, -0.2) is 9.97 Å². The summed E-state index contributed by atoms with van der Waals surface area (Å²) < 4.78 is 5.99. The molecule has 3 N–H and O–H groups in total. The standard InChI is InChI=1S/C21H13BrN6O2/c1-11-6-17(28-30-11)26-20-15-5-3-13(22)7-16(15)18-19(27-20)12(8-24-21(18)29)2-4-14-9-23-10-25-14/h3,5-10H,1H3,(H,23,25)(H,24,29)(H,26,27,28). The fourth-order valence-electron chi connectivity index (χ4n) is 3.18. The number of H-pyrrole nitrogens is 2. The predicted octanol–water partition coefficient (Wildman–Crippen LogP) is 4.00. The molecule has 0 spiro atoms. The zero-order valence-corrected chi connectivity index (χ0v) is 17.2. The summed E-state index contributed by atoms with van der Waals surface area (Å²) in [6.07, 6.45) is 4.75. The number of hydrogen-bond acceptors (Lipinski definition) is 6. The molecule has 0 saturated carbocycles. The van der Waals surface area contributed by atoms with E-state index in [0.717, 1.165) is 15.2 Å². The molecule has 30 heavy (non-hydrogen) atoms. The molecule has 0 bridgehead atoms. The van der Waals surface area contributed by atoms with Crippen LogP contribution in [-0.4, -0.2) is 25.1 Å². The van der Waals surface area contributed by atoms with Crippen LogP contribution in [0.25, 0.3) is 21.7 Å². The summed E-state index contributed by atoms with van der Waals surface area (Å²) >= 11 is 3.49. The van der Waals surface area contributed by atoms with Crippen LogP contribution in [0.15, 0.2) is 56.8 Å². The van der Waals surface area contributed by atoms with Crippen molar-refractivity contribution >= 4 is 49.2 Å². The molecular weight excluding hydrogens is 448 g/mol. The third-order valence-corrected chi connectivity index (χ3v) is 4.99. The van der Waals surface area contributed by atoms with Gasteiger partial charge in [-0.3, -0.25) is 4.79 Å². The summed E-state index contributed by atoms with van der Waals surface area (Å²) in [5, 5.41) is 9.15. The van der Waals surface area contributed by atoms with Crippen molar-refractivity contribution < 1.29 is 4.52 Å². The van der Waals surface area contributed by atoms with Crippen molar-refractivity contribution in [2.75, 3.05) is 5.32 Å². The second-order valence-corrected chi connectivity index (χ2v) is 7.48. The number of halogens is 1. The molecule has 1 aromatic carbocycles. The third kappa shape index (κ3) is 3.23. The highest BCUT2D eigenvalue weighted by atomic mass is 79.9. The number of hydrogen-bond donors (Lipinski definition) is 3. The average Bonchev–Trinajstić information content (AvgIpc) is 3.39. The van der Waals surface area contributed by atoms with Gasteiger partial charge in [0.05, 0.1) is 29.0 Å². The topological polar surface area (TPSA) is 112 Å². The lowest BCUT2D eigenvalue weighted by molar-refractivity contribution is 0.400. The number of nitrogens with zero attached hydrogens (tertiary/aromatic N) is 3. The number of anilines is 2. The largest absolute Gasteiger partial charge is 0.360 e. The smallest absolute Gasteiger partial charge is 0.258 e. The predicted molar refractivity (Wildman–Crippen MR) is 117 cm³/mol. The van der Waals surface area contributed by atoms with Crippen LogP contribution in [0.1, 0.15) is 17.0 Å². The van der Waals surface area contributed by atoms with Gasteiger partial charge in [-0.15, -0.1) is 0 Å². The second kappa shape index (κ2) is 7.17. The molecule has 0 atom stereocenters. The average molecular weight is 461 g/mol. The van der Waals surface area contributed by atoms with Gasteiger partial charge >= 0.3 is 0 Å². The van der Waals surface area contributed by atoms with E-state index in [1.807, 2.05) is 25.1 Å². The quantitative estimate of drug-likeness (QED) is 0.271. The molecule has 5 aromatic rings. The zero-order chi connectivity index (χ0) is 20.7. The minimum absolute atomic E-state index is 0.239. The lowest BCUT2D eigenvalue weighted by Gasteiger charge is -2.11. The van der Waals surface area contributed by atoms with E-state index in [4.69, 9.17) is 9.51 Å². The van der Waals surface area contributed by atoms with E-state index >= 15 is 0 Å². The molecule has 0 unspecified atom stereocenters. The summed E-state index contributed by atoms with van der Waals surface area (Å²) in [6.45, 7) is 1.81. The first kappa shape index (κ1) is 18.1. The van der Waals surface area contributed by atoms with Crippen LogP contribution in [0, 0.1) is 18.8 Å². The number of aromatic amines is 2. The minimum atomic E-state index is -0.239. The van der Waals surface area contributed by atoms with Crippen molar-refractivity contribution in [1.29, 1.82) is 0 Å². The van der Waals surface area contributed by atoms with Crippen molar-refractivity contribution in [3.8, 4) is 11.8 Å². The number of pyridine rings is 2. The summed E-state index contributed by atoms with van der Waals surface area (Å²) in [7, 11) is 0. The first-order valence-corrected chi connectivity index (χ1v) is 9.73. The molecule has 8 nitrogen and oxygen atoms in total. The highest BCUT2D eigenvalue weighted by molar-refractivity contribution is 9.10. The SMILES string of the molecule is Cc1cc(Nc2nc3c(C#Cc4cnc[nH]4)c[nH]c(=O)c3c3cc(Br)ccc23)no1. The number of aromatic nitrogens is 5. The van der Waals surface area contributed by atoms with E-state index in [2.05, 4.69) is 53.2 Å². The maximum Gasteiger partial charge on any atom is 0.258 e. The molecule has 5 rings (SSSR count). The van der Waals surface area contributed by atoms with Gasteiger partial charge in [-0.05, 0) is 31.0 Å². The second-order valence-electron chi connectivity index (χ2n) is 6.57. The summed E-state index contributed by atoms with van der Waals surface area (Å²) in [5.41, 5.74) is 1.49. The van der Waals surface area contributed by atoms with Crippen LogP contribution >= 0.6 is 15.9 Å². The summed E-state index contributed by atoms with van der Waals surface area (Å²) in [6, 6.07) is 7.45. The lowest BCUT2D eigenvalue weighted by Crippen LogP contribution is -2.09. The Kier molecular flexibility index (Phi) is 4.34. The van der Waals surface area contributed by atoms with Gasteiger partial charge < -0.3 is 19.8 Å². The Balaban J connectivity index is 1.80. The van der Waals surface area contributed by atoms with Gasteiger partial charge in [0.2, 0.25) is 0 Å². The van der Waals surface area contributed by atoms with Crippen molar-refractivity contribution in [3.05, 3.63) is 74.8 Å². The minimum Gasteiger partial charge on any atom is -0.360 e. The van der Waals surface area contributed by atoms with E-state index < -0.39 is 0 Å². The van der Waals surface area contributed by atoms with Crippen LogP contribution in [0.2, 0.25) is 0 Å². The van der Waals surface area contributed by atoms with Crippen LogP contribution in [-0.2, 0) is 0 Å². The number of benzene rings is 1. The van der Waals surface area contributed by atoms with E-state index in [0.29, 0.717) is 39.6 Å². The third-order valence-electron chi connectivity index (χ3n) is 4.50. The van der Waals surface area contributed by atoms with Crippen LogP contribution in [0.4, 0.5) is 11.6 Å². The Labute approximate surface area is 177 Å². The summed E-state index contributed by atoms with van der Waals surface area (Å²) in [4.78, 5) is 27.1. The van der Waals surface area contributed by atoms with Crippen molar-refractivity contribution in [1.82, 2.24) is 25.1 Å². The van der Waals surface area contributed by atoms with E-state index in [9.17, 15) is 4.79 Å². The highest BCUT2D eigenvalue weighted by Crippen LogP contribution is 2.32. The molecule has 146 valence electrons. The first-order valence-electron chi connectivity index (χ1n) is 8.94. The van der Waals surface area contributed by atoms with Crippen molar-refractivity contribution in [3.63, 3.8) is 0 Å². The molecule has 0 radical (unpaired) electrons. The van der Waals surface area contributed by atoms with Gasteiger partial charge in [0.25, 0.3) is 5.56 Å². The molecule has 9 heteroatoms. The lowest BCUT2D eigenvalue weighted by atomic mass is 10.0. The van der Waals surface area contributed by atoms with E-state index in [1.54, 1.807) is 24.8 Å². The molecule has 0 amide bonds. The monoisotopic (exact) mass is 460 g/mol. The van der Waals surface area contributed by atoms with E-state index in [-0.39, 0.29) is 5.56 Å². The molecule has 0 fully saturated rings. The van der Waals surface area contributed by atoms with Gasteiger partial charge in [0.15, 0.2) is 5.82 Å². The molecule has 4 aromatic heterocycles. The molecule has 0 saturated heterocycles. The number of imidazole rings is 1. The maximum absolute atomic E-state index is 12.7. The Morgan fingerprint density at radius 1 is 1.17 bits per heavy atom. The number of nitrogens with one attached hydrogen (secondary N) is 3. The fourth-order valence-corrected chi connectivity index (χ4v) is 3.55. The molecule has 0 aliphatic rings. The number of fused-ring (bicyclic) bond motifs is 3. The van der Waals surface area contributed by atoms with Gasteiger partial charge in [0.1, 0.15) is 17.3 Å². The van der Waals surface area contributed by atoms with Gasteiger partial charge in [-0.2, -0.15) is 0 Å². The van der Waals surface area contributed by atoms with E-state index in [1.165, 1.54) is 0 Å². The molecule has 0 aliphatic carbocycles. The van der Waals surface area contributed by atoms with Crippen LogP contribution < -0.4 is 10.9 Å². The Bertz CT molecular complexity index is 1520. The molecule has 4 heterocycles. The highest BCUT2D eigenvalue weighted by Gasteiger charge is 2.15. The Morgan fingerprint density at radius 2 is 2.07 bits per heavy atom. The normalized spacial score (nSPS) is 10.9. The van der Waals surface area contributed by atoms with Gasteiger partial charge in [-0.1, -0.05) is 27.0 Å². The molecular formula is C21H13BrN6O2. The number of aryl methyl sites for hydroxylation is 1. The summed E-state index contributed by atoms with van der Waals surface area (Å²) in [5.74, 6) is 7.81. The van der Waals surface area contributed by atoms with Gasteiger partial charge in [0, 0.05) is 27.5 Å². The molecule has 0 aliphatic heterocycles. The van der Waals surface area contributed by atoms with Crippen molar-refractivity contribution in [2.45, 2.75) is 6.92 Å².